The zero-order chi connectivity index (χ0) is 15.6. The summed E-state index contributed by atoms with van der Waals surface area (Å²) in [5.74, 6) is 1.36. The Balaban J connectivity index is 1.81. The highest BCUT2D eigenvalue weighted by Crippen LogP contribution is 2.45. The van der Waals surface area contributed by atoms with Crippen LogP contribution >= 0.6 is 0 Å². The fourth-order valence-electron chi connectivity index (χ4n) is 3.39. The Morgan fingerprint density at radius 2 is 1.74 bits per heavy atom. The minimum absolute atomic E-state index is 0.00462. The fourth-order valence-corrected chi connectivity index (χ4v) is 3.39. The third-order valence-electron chi connectivity index (χ3n) is 4.55. The Kier molecular flexibility index (Phi) is 3.58. The van der Waals surface area contributed by atoms with E-state index in [-0.39, 0.29) is 6.10 Å². The Morgan fingerprint density at radius 1 is 0.913 bits per heavy atom. The Labute approximate surface area is 136 Å². The van der Waals surface area contributed by atoms with Crippen molar-refractivity contribution >= 4 is 0 Å². The second kappa shape index (κ2) is 5.88. The molecule has 0 amide bonds. The summed E-state index contributed by atoms with van der Waals surface area (Å²) in [5.41, 5.74) is 4.80. The lowest BCUT2D eigenvalue weighted by molar-refractivity contribution is 0.162. The number of ether oxygens (including phenoxy) is 1. The number of para-hydroxylation sites is 1. The second-order valence-electron chi connectivity index (χ2n) is 6.05. The fraction of sp³-hybridized carbons (Fsp3) is 0.190. The molecule has 4 rings (SSSR count). The lowest BCUT2D eigenvalue weighted by Crippen LogP contribution is -2.21. The number of hydrogen-bond donors (Lipinski definition) is 0. The van der Waals surface area contributed by atoms with Crippen molar-refractivity contribution in [3.8, 4) is 5.75 Å². The molecule has 3 aromatic rings. The van der Waals surface area contributed by atoms with Crippen LogP contribution in [-0.4, -0.2) is 4.98 Å². The highest BCUT2D eigenvalue weighted by Gasteiger charge is 2.31. The van der Waals surface area contributed by atoms with Gasteiger partial charge in [0.05, 0.1) is 5.69 Å². The van der Waals surface area contributed by atoms with E-state index in [1.54, 1.807) is 0 Å². The van der Waals surface area contributed by atoms with Gasteiger partial charge in [-0.25, -0.2) is 0 Å². The summed E-state index contributed by atoms with van der Waals surface area (Å²) in [6.45, 7) is 2.11. The van der Waals surface area contributed by atoms with Crippen molar-refractivity contribution in [3.63, 3.8) is 0 Å². The molecule has 2 heterocycles. The van der Waals surface area contributed by atoms with Gasteiger partial charge >= 0.3 is 0 Å². The number of benzene rings is 2. The minimum Gasteiger partial charge on any atom is -0.484 e. The molecule has 0 saturated heterocycles. The molecule has 0 saturated carbocycles. The summed E-state index contributed by atoms with van der Waals surface area (Å²) in [4.78, 5) is 4.51. The van der Waals surface area contributed by atoms with E-state index in [4.69, 9.17) is 4.74 Å². The number of nitrogens with zero attached hydrogens (tertiary/aromatic N) is 1. The second-order valence-corrected chi connectivity index (χ2v) is 6.05. The molecule has 2 aromatic carbocycles. The third-order valence-corrected chi connectivity index (χ3v) is 4.55. The van der Waals surface area contributed by atoms with Crippen LogP contribution in [0.15, 0.2) is 72.9 Å². The van der Waals surface area contributed by atoms with E-state index in [9.17, 15) is 0 Å². The molecule has 1 aliphatic rings. The molecule has 1 aliphatic heterocycles. The molecule has 0 N–H and O–H groups in total. The van der Waals surface area contributed by atoms with Crippen molar-refractivity contribution < 1.29 is 4.74 Å². The van der Waals surface area contributed by atoms with E-state index in [0.717, 1.165) is 17.9 Å². The molecule has 0 aliphatic carbocycles. The highest BCUT2D eigenvalue weighted by atomic mass is 16.5. The SMILES string of the molecule is Cc1cccc2c1O[C@H](c1ccccn1)C[C@@H]2c1ccccc1. The molecule has 2 nitrogen and oxygen atoms in total. The quantitative estimate of drug-likeness (QED) is 0.661. The monoisotopic (exact) mass is 301 g/mol. The number of rotatable bonds is 2. The molecule has 0 fully saturated rings. The highest BCUT2D eigenvalue weighted by molar-refractivity contribution is 5.48. The van der Waals surface area contributed by atoms with Gasteiger partial charge in [-0.15, -0.1) is 0 Å². The maximum atomic E-state index is 6.34. The van der Waals surface area contributed by atoms with E-state index < -0.39 is 0 Å². The van der Waals surface area contributed by atoms with E-state index in [1.807, 2.05) is 18.3 Å². The van der Waals surface area contributed by atoms with Crippen LogP contribution < -0.4 is 4.74 Å². The van der Waals surface area contributed by atoms with Gasteiger partial charge in [0.2, 0.25) is 0 Å². The third kappa shape index (κ3) is 2.61. The summed E-state index contributed by atoms with van der Waals surface area (Å²) >= 11 is 0. The van der Waals surface area contributed by atoms with Gasteiger partial charge < -0.3 is 4.74 Å². The summed E-state index contributed by atoms with van der Waals surface area (Å²) in [5, 5.41) is 0. The molecule has 1 aromatic heterocycles. The van der Waals surface area contributed by atoms with Gasteiger partial charge in [-0.2, -0.15) is 0 Å². The maximum absolute atomic E-state index is 6.34. The Bertz CT molecular complexity index is 799. The molecular weight excluding hydrogens is 282 g/mol. The van der Waals surface area contributed by atoms with Crippen LogP contribution in [0.1, 0.15) is 40.8 Å². The lowest BCUT2D eigenvalue weighted by atomic mass is 9.82. The summed E-state index contributed by atoms with van der Waals surface area (Å²) in [6, 6.07) is 23.1. The summed E-state index contributed by atoms with van der Waals surface area (Å²) in [6.07, 6.45) is 2.75. The molecular formula is C21H19NO. The Morgan fingerprint density at radius 3 is 2.52 bits per heavy atom. The predicted molar refractivity (Wildman–Crippen MR) is 91.7 cm³/mol. The lowest BCUT2D eigenvalue weighted by Gasteiger charge is -2.33. The van der Waals surface area contributed by atoms with Crippen molar-refractivity contribution in [3.05, 3.63) is 95.3 Å². The normalized spacial score (nSPS) is 19.7. The van der Waals surface area contributed by atoms with Gasteiger partial charge in [0, 0.05) is 24.1 Å². The van der Waals surface area contributed by atoms with E-state index in [2.05, 4.69) is 66.5 Å². The van der Waals surface area contributed by atoms with Crippen LogP contribution in [-0.2, 0) is 0 Å². The van der Waals surface area contributed by atoms with Gasteiger partial charge in [0.15, 0.2) is 0 Å². The van der Waals surface area contributed by atoms with Crippen LogP contribution in [0, 0.1) is 6.92 Å². The van der Waals surface area contributed by atoms with Gasteiger partial charge in [-0.3, -0.25) is 4.98 Å². The Hall–Kier alpha value is -2.61. The zero-order valence-electron chi connectivity index (χ0n) is 13.1. The topological polar surface area (TPSA) is 22.1 Å². The number of aromatic nitrogens is 1. The van der Waals surface area contributed by atoms with Gasteiger partial charge in [0.1, 0.15) is 11.9 Å². The molecule has 23 heavy (non-hydrogen) atoms. The molecule has 0 radical (unpaired) electrons. The molecule has 2 atom stereocenters. The average Bonchev–Trinajstić information content (AvgIpc) is 2.63. The van der Waals surface area contributed by atoms with Crippen molar-refractivity contribution in [2.45, 2.75) is 25.4 Å². The van der Waals surface area contributed by atoms with Crippen molar-refractivity contribution in [1.82, 2.24) is 4.98 Å². The van der Waals surface area contributed by atoms with Crippen LogP contribution in [0.25, 0.3) is 0 Å². The van der Waals surface area contributed by atoms with Crippen LogP contribution in [0.2, 0.25) is 0 Å². The van der Waals surface area contributed by atoms with Gasteiger partial charge in [-0.05, 0) is 30.2 Å². The van der Waals surface area contributed by atoms with Gasteiger partial charge in [-0.1, -0.05) is 54.6 Å². The van der Waals surface area contributed by atoms with Crippen LogP contribution in [0.5, 0.6) is 5.75 Å². The molecule has 0 spiro atoms. The van der Waals surface area contributed by atoms with E-state index in [0.29, 0.717) is 5.92 Å². The maximum Gasteiger partial charge on any atom is 0.141 e. The number of fused-ring (bicyclic) bond motifs is 1. The number of aryl methyl sites for hydroxylation is 1. The largest absolute Gasteiger partial charge is 0.484 e. The predicted octanol–water partition coefficient (Wildman–Crippen LogP) is 5.05. The molecule has 114 valence electrons. The summed E-state index contributed by atoms with van der Waals surface area (Å²) < 4.78 is 6.34. The first-order chi connectivity index (χ1) is 11.3. The first-order valence-electron chi connectivity index (χ1n) is 8.05. The molecule has 0 unspecified atom stereocenters. The van der Waals surface area contributed by atoms with Crippen molar-refractivity contribution in [2.24, 2.45) is 0 Å². The van der Waals surface area contributed by atoms with Crippen molar-refractivity contribution in [2.75, 3.05) is 0 Å². The number of hydrogen-bond acceptors (Lipinski definition) is 2. The summed E-state index contributed by atoms with van der Waals surface area (Å²) in [7, 11) is 0. The van der Waals surface area contributed by atoms with E-state index in [1.165, 1.54) is 16.7 Å². The smallest absolute Gasteiger partial charge is 0.141 e. The minimum atomic E-state index is -0.00462. The van der Waals surface area contributed by atoms with E-state index >= 15 is 0 Å². The average molecular weight is 301 g/mol. The first kappa shape index (κ1) is 14.0. The number of pyridine rings is 1. The standard InChI is InChI=1S/C21H19NO/c1-15-8-7-11-17-18(16-9-3-2-4-10-16)14-20(23-21(15)17)19-12-5-6-13-22-19/h2-13,18,20H,14H2,1H3/t18-,20+/m1/s1. The van der Waals surface area contributed by atoms with Crippen molar-refractivity contribution in [1.29, 1.82) is 0 Å². The van der Waals surface area contributed by atoms with Crippen LogP contribution in [0.4, 0.5) is 0 Å². The first-order valence-corrected chi connectivity index (χ1v) is 8.05. The zero-order valence-corrected chi connectivity index (χ0v) is 13.1. The van der Waals surface area contributed by atoms with Crippen LogP contribution in [0.3, 0.4) is 0 Å². The molecule has 2 heteroatoms. The van der Waals surface area contributed by atoms with Gasteiger partial charge in [0.25, 0.3) is 0 Å². The molecule has 0 bridgehead atoms.